The van der Waals surface area contributed by atoms with Gasteiger partial charge in [0.2, 0.25) is 0 Å². The predicted molar refractivity (Wildman–Crippen MR) is 133 cm³/mol. The van der Waals surface area contributed by atoms with Crippen molar-refractivity contribution in [1.29, 1.82) is 0 Å². The van der Waals surface area contributed by atoms with Gasteiger partial charge in [-0.1, -0.05) is 42.5 Å². The molecule has 0 spiro atoms. The molecule has 6 nitrogen and oxygen atoms in total. The molecule has 0 bridgehead atoms. The minimum Gasteiger partial charge on any atom is -0.507 e. The zero-order valence-electron chi connectivity index (χ0n) is 19.1. The second-order valence-corrected chi connectivity index (χ2v) is 9.21. The molecule has 5 rings (SSSR count). The number of fused-ring (bicyclic) bond motifs is 1. The number of aliphatic hydroxyl groups is 1. The largest absolute Gasteiger partial charge is 0.507 e. The van der Waals surface area contributed by atoms with Crippen LogP contribution in [0.2, 0.25) is 0 Å². The van der Waals surface area contributed by atoms with E-state index in [-0.39, 0.29) is 16.5 Å². The van der Waals surface area contributed by atoms with Crippen molar-refractivity contribution in [3.63, 3.8) is 0 Å². The van der Waals surface area contributed by atoms with E-state index in [1.165, 1.54) is 47.4 Å². The van der Waals surface area contributed by atoms with Crippen LogP contribution in [-0.2, 0) is 9.59 Å². The highest BCUT2D eigenvalue weighted by atomic mass is 32.1. The lowest BCUT2D eigenvalue weighted by Gasteiger charge is -2.23. The number of aromatic nitrogens is 1. The molecule has 9 heteroatoms. The summed E-state index contributed by atoms with van der Waals surface area (Å²) in [6.45, 7) is 2.44. The summed E-state index contributed by atoms with van der Waals surface area (Å²) in [6, 6.07) is 14.8. The number of thiazole rings is 1. The van der Waals surface area contributed by atoms with Gasteiger partial charge < -0.3 is 9.84 Å². The molecule has 0 aliphatic carbocycles. The molecule has 36 heavy (non-hydrogen) atoms. The predicted octanol–water partition coefficient (Wildman–Crippen LogP) is 5.99. The third-order valence-electron chi connectivity index (χ3n) is 5.76. The van der Waals surface area contributed by atoms with Gasteiger partial charge in [-0.05, 0) is 54.4 Å². The van der Waals surface area contributed by atoms with Crippen molar-refractivity contribution >= 4 is 44.1 Å². The van der Waals surface area contributed by atoms with Gasteiger partial charge in [-0.2, -0.15) is 0 Å². The van der Waals surface area contributed by atoms with Crippen LogP contribution in [0.1, 0.15) is 30.5 Å². The van der Waals surface area contributed by atoms with E-state index >= 15 is 0 Å². The quantitative estimate of drug-likeness (QED) is 0.197. The normalized spacial score (nSPS) is 17.2. The van der Waals surface area contributed by atoms with Gasteiger partial charge in [0.15, 0.2) is 5.13 Å². The molecular formula is C27H20F2N2O4S. The molecule has 1 unspecified atom stereocenters. The van der Waals surface area contributed by atoms with Crippen LogP contribution < -0.4 is 9.64 Å². The highest BCUT2D eigenvalue weighted by Gasteiger charge is 2.48. The maximum Gasteiger partial charge on any atom is 0.301 e. The number of hydrogen-bond donors (Lipinski definition) is 1. The lowest BCUT2D eigenvalue weighted by molar-refractivity contribution is -0.132. The Labute approximate surface area is 209 Å². The summed E-state index contributed by atoms with van der Waals surface area (Å²) in [6.07, 6.45) is 0.790. The van der Waals surface area contributed by atoms with E-state index in [9.17, 15) is 23.5 Å². The SMILES string of the molecule is CCCOc1cccc(/C(O)=C2\C(=O)C(=O)N(c3nc4ccc(F)cc4s3)C2c2ccc(F)cc2)c1. The number of amides is 1. The molecule has 0 radical (unpaired) electrons. The van der Waals surface area contributed by atoms with Gasteiger partial charge in [0.1, 0.15) is 23.1 Å². The van der Waals surface area contributed by atoms with Crippen molar-refractivity contribution < 1.29 is 28.2 Å². The molecule has 182 valence electrons. The molecule has 1 aliphatic rings. The van der Waals surface area contributed by atoms with Crippen molar-refractivity contribution in [1.82, 2.24) is 4.98 Å². The lowest BCUT2D eigenvalue weighted by atomic mass is 9.95. The van der Waals surface area contributed by atoms with Crippen molar-refractivity contribution in [3.8, 4) is 5.75 Å². The second kappa shape index (κ2) is 9.50. The number of Topliss-reactive ketones (excluding diaryl/α,β-unsaturated/α-hetero) is 1. The van der Waals surface area contributed by atoms with E-state index in [1.807, 2.05) is 6.92 Å². The first-order valence-corrected chi connectivity index (χ1v) is 12.0. The number of aliphatic hydroxyl groups excluding tert-OH is 1. The van der Waals surface area contributed by atoms with Crippen molar-refractivity contribution in [2.75, 3.05) is 11.5 Å². The molecule has 1 fully saturated rings. The smallest absolute Gasteiger partial charge is 0.301 e. The van der Waals surface area contributed by atoms with Gasteiger partial charge in [0, 0.05) is 5.56 Å². The van der Waals surface area contributed by atoms with Gasteiger partial charge in [-0.3, -0.25) is 14.5 Å². The fourth-order valence-electron chi connectivity index (χ4n) is 4.09. The third kappa shape index (κ3) is 4.22. The summed E-state index contributed by atoms with van der Waals surface area (Å²) in [5.41, 5.74) is 0.989. The van der Waals surface area contributed by atoms with E-state index in [0.29, 0.717) is 33.7 Å². The number of hydrogen-bond acceptors (Lipinski definition) is 6. The van der Waals surface area contributed by atoms with Crippen LogP contribution >= 0.6 is 11.3 Å². The molecule has 4 aromatic rings. The van der Waals surface area contributed by atoms with E-state index in [1.54, 1.807) is 24.3 Å². The summed E-state index contributed by atoms with van der Waals surface area (Å²) in [7, 11) is 0. The van der Waals surface area contributed by atoms with Crippen LogP contribution in [-0.4, -0.2) is 28.4 Å². The zero-order chi connectivity index (χ0) is 25.4. The first kappa shape index (κ1) is 23.6. The number of ether oxygens (including phenoxy) is 1. The van der Waals surface area contributed by atoms with Gasteiger partial charge in [0.05, 0.1) is 28.4 Å². The summed E-state index contributed by atoms with van der Waals surface area (Å²) in [5.74, 6) is -2.65. The highest BCUT2D eigenvalue weighted by Crippen LogP contribution is 2.44. The Bertz CT molecular complexity index is 1510. The number of benzene rings is 3. The number of anilines is 1. The molecule has 1 aromatic heterocycles. The monoisotopic (exact) mass is 506 g/mol. The first-order valence-electron chi connectivity index (χ1n) is 11.2. The number of ketones is 1. The van der Waals surface area contributed by atoms with E-state index in [4.69, 9.17) is 4.74 Å². The Morgan fingerprint density at radius 2 is 1.81 bits per heavy atom. The van der Waals surface area contributed by atoms with Gasteiger partial charge >= 0.3 is 5.91 Å². The minimum absolute atomic E-state index is 0.158. The van der Waals surface area contributed by atoms with E-state index in [2.05, 4.69) is 4.98 Å². The van der Waals surface area contributed by atoms with Crippen molar-refractivity contribution in [3.05, 3.63) is 95.1 Å². The molecule has 1 saturated heterocycles. The number of nitrogens with zero attached hydrogens (tertiary/aromatic N) is 2. The van der Waals surface area contributed by atoms with Crippen LogP contribution in [0.5, 0.6) is 5.75 Å². The minimum atomic E-state index is -1.07. The molecular weight excluding hydrogens is 486 g/mol. The Kier molecular flexibility index (Phi) is 6.24. The Balaban J connectivity index is 1.68. The van der Waals surface area contributed by atoms with Gasteiger partial charge in [-0.25, -0.2) is 13.8 Å². The Morgan fingerprint density at radius 3 is 2.56 bits per heavy atom. The zero-order valence-corrected chi connectivity index (χ0v) is 19.9. The summed E-state index contributed by atoms with van der Waals surface area (Å²) in [5, 5.41) is 11.4. The Morgan fingerprint density at radius 1 is 1.06 bits per heavy atom. The number of carbonyl (C=O) groups is 2. The maximum atomic E-state index is 13.8. The highest BCUT2D eigenvalue weighted by molar-refractivity contribution is 7.22. The number of halogens is 2. The average Bonchev–Trinajstić information content (AvgIpc) is 3.40. The Hall–Kier alpha value is -4.11. The van der Waals surface area contributed by atoms with Crippen LogP contribution in [0.3, 0.4) is 0 Å². The van der Waals surface area contributed by atoms with E-state index < -0.39 is 29.4 Å². The molecule has 1 aliphatic heterocycles. The lowest BCUT2D eigenvalue weighted by Crippen LogP contribution is -2.29. The van der Waals surface area contributed by atoms with Crippen LogP contribution in [0.25, 0.3) is 16.0 Å². The second-order valence-electron chi connectivity index (χ2n) is 8.21. The molecule has 3 aromatic carbocycles. The fraction of sp³-hybridized carbons (Fsp3) is 0.148. The molecule has 2 heterocycles. The first-order chi connectivity index (χ1) is 17.4. The topological polar surface area (TPSA) is 79.7 Å². The third-order valence-corrected chi connectivity index (χ3v) is 6.77. The van der Waals surface area contributed by atoms with Crippen molar-refractivity contribution in [2.45, 2.75) is 19.4 Å². The molecule has 1 atom stereocenters. The summed E-state index contributed by atoms with van der Waals surface area (Å²) in [4.78, 5) is 32.2. The van der Waals surface area contributed by atoms with Gasteiger partial charge in [0.25, 0.3) is 5.78 Å². The van der Waals surface area contributed by atoms with Crippen LogP contribution in [0.15, 0.2) is 72.3 Å². The summed E-state index contributed by atoms with van der Waals surface area (Å²) >= 11 is 1.04. The average molecular weight is 507 g/mol. The number of rotatable bonds is 6. The summed E-state index contributed by atoms with van der Waals surface area (Å²) < 4.78 is 33.6. The molecule has 1 amide bonds. The molecule has 0 saturated carbocycles. The van der Waals surface area contributed by atoms with Gasteiger partial charge in [-0.15, -0.1) is 0 Å². The molecule has 1 N–H and O–H groups in total. The fourth-order valence-corrected chi connectivity index (χ4v) is 5.11. The number of carbonyl (C=O) groups excluding carboxylic acids is 2. The van der Waals surface area contributed by atoms with Crippen LogP contribution in [0, 0.1) is 11.6 Å². The van der Waals surface area contributed by atoms with E-state index in [0.717, 1.165) is 17.8 Å². The van der Waals surface area contributed by atoms with Crippen LogP contribution in [0.4, 0.5) is 13.9 Å². The van der Waals surface area contributed by atoms with Crippen molar-refractivity contribution in [2.24, 2.45) is 0 Å². The standard InChI is InChI=1S/C27H20F2N2O4S/c1-2-12-35-19-5-3-4-16(13-19)24(32)22-23(15-6-8-17(28)9-7-15)31(26(34)25(22)33)27-30-20-11-10-18(29)14-21(20)36-27/h3-11,13-14,23,32H,2,12H2,1H3/b24-22+. The maximum absolute atomic E-state index is 13.8.